The average molecular weight is 329 g/mol. The fraction of sp³-hybridized carbons (Fsp3) is 0.444. The Balaban J connectivity index is 1.48. The van der Waals surface area contributed by atoms with Crippen LogP contribution in [0.4, 0.5) is 0 Å². The first-order chi connectivity index (χ1) is 11.8. The molecular formula is C18H23N3O3. The second-order valence-electron chi connectivity index (χ2n) is 5.82. The first-order valence-electron chi connectivity index (χ1n) is 8.42. The molecule has 0 saturated carbocycles. The van der Waals surface area contributed by atoms with Gasteiger partial charge in [-0.25, -0.2) is 0 Å². The second-order valence-corrected chi connectivity index (χ2v) is 5.82. The monoisotopic (exact) mass is 329 g/mol. The van der Waals surface area contributed by atoms with E-state index in [2.05, 4.69) is 10.4 Å². The zero-order chi connectivity index (χ0) is 16.6. The van der Waals surface area contributed by atoms with Crippen LogP contribution in [0.3, 0.4) is 0 Å². The van der Waals surface area contributed by atoms with E-state index in [9.17, 15) is 4.79 Å². The molecule has 6 nitrogen and oxygen atoms in total. The van der Waals surface area contributed by atoms with Gasteiger partial charge in [-0.15, -0.1) is 0 Å². The van der Waals surface area contributed by atoms with Crippen LogP contribution in [-0.2, 0) is 11.3 Å². The quantitative estimate of drug-likeness (QED) is 0.755. The molecule has 1 aromatic heterocycles. The van der Waals surface area contributed by atoms with Crippen LogP contribution in [0.25, 0.3) is 0 Å². The molecule has 2 aromatic rings. The van der Waals surface area contributed by atoms with Gasteiger partial charge in [-0.3, -0.25) is 9.48 Å². The van der Waals surface area contributed by atoms with Gasteiger partial charge in [-0.05, 0) is 37.5 Å². The Morgan fingerprint density at radius 3 is 3.08 bits per heavy atom. The molecule has 0 unspecified atom stereocenters. The molecule has 0 radical (unpaired) electrons. The van der Waals surface area contributed by atoms with E-state index in [-0.39, 0.29) is 12.0 Å². The third kappa shape index (κ3) is 4.58. The smallest absolute Gasteiger partial charge is 0.255 e. The molecule has 1 aliphatic rings. The minimum Gasteiger partial charge on any atom is -0.490 e. The molecule has 1 saturated heterocycles. The predicted octanol–water partition coefficient (Wildman–Crippen LogP) is 2.26. The Kier molecular flexibility index (Phi) is 5.85. The summed E-state index contributed by atoms with van der Waals surface area (Å²) in [5.41, 5.74) is 0.564. The van der Waals surface area contributed by atoms with Gasteiger partial charge in [0.25, 0.3) is 5.91 Å². The number of hydrogen-bond acceptors (Lipinski definition) is 4. The van der Waals surface area contributed by atoms with Crippen molar-refractivity contribution in [2.75, 3.05) is 19.8 Å². The third-order valence-electron chi connectivity index (χ3n) is 3.99. The van der Waals surface area contributed by atoms with Crippen molar-refractivity contribution in [2.24, 2.45) is 0 Å². The van der Waals surface area contributed by atoms with E-state index in [1.165, 1.54) is 0 Å². The second kappa shape index (κ2) is 8.49. The maximum Gasteiger partial charge on any atom is 0.255 e. The van der Waals surface area contributed by atoms with Crippen LogP contribution in [0.2, 0.25) is 0 Å². The molecule has 1 fully saturated rings. The fourth-order valence-corrected chi connectivity index (χ4v) is 2.71. The Bertz CT molecular complexity index is 637. The summed E-state index contributed by atoms with van der Waals surface area (Å²) in [6.07, 6.45) is 6.71. The van der Waals surface area contributed by atoms with Gasteiger partial charge in [-0.1, -0.05) is 12.1 Å². The lowest BCUT2D eigenvalue weighted by atomic mass is 10.2. The summed E-state index contributed by atoms with van der Waals surface area (Å²) >= 11 is 0. The normalized spacial score (nSPS) is 16.9. The van der Waals surface area contributed by atoms with Crippen molar-refractivity contribution in [3.05, 3.63) is 48.3 Å². The number of ether oxygens (including phenoxy) is 2. The van der Waals surface area contributed by atoms with Gasteiger partial charge in [0.15, 0.2) is 0 Å². The summed E-state index contributed by atoms with van der Waals surface area (Å²) < 4.78 is 13.2. The van der Waals surface area contributed by atoms with Crippen LogP contribution < -0.4 is 10.1 Å². The molecule has 1 amide bonds. The van der Waals surface area contributed by atoms with Gasteiger partial charge in [0.2, 0.25) is 0 Å². The highest BCUT2D eigenvalue weighted by molar-refractivity contribution is 5.96. The maximum atomic E-state index is 12.4. The van der Waals surface area contributed by atoms with Crippen molar-refractivity contribution in [1.82, 2.24) is 15.1 Å². The lowest BCUT2D eigenvalue weighted by Gasteiger charge is -2.14. The van der Waals surface area contributed by atoms with Crippen LogP contribution in [0, 0.1) is 0 Å². The summed E-state index contributed by atoms with van der Waals surface area (Å²) in [7, 11) is 0. The van der Waals surface area contributed by atoms with Crippen molar-refractivity contribution in [3.8, 4) is 5.75 Å². The summed E-state index contributed by atoms with van der Waals surface area (Å²) in [6, 6.07) is 9.22. The summed E-state index contributed by atoms with van der Waals surface area (Å²) in [5, 5.41) is 7.08. The molecule has 24 heavy (non-hydrogen) atoms. The fourth-order valence-electron chi connectivity index (χ4n) is 2.71. The van der Waals surface area contributed by atoms with Crippen molar-refractivity contribution in [3.63, 3.8) is 0 Å². The molecule has 1 aromatic carbocycles. The van der Waals surface area contributed by atoms with Crippen molar-refractivity contribution in [1.29, 1.82) is 0 Å². The maximum absolute atomic E-state index is 12.4. The lowest BCUT2D eigenvalue weighted by Crippen LogP contribution is -2.26. The highest BCUT2D eigenvalue weighted by Gasteiger charge is 2.18. The summed E-state index contributed by atoms with van der Waals surface area (Å²) in [6.45, 7) is 2.67. The van der Waals surface area contributed by atoms with Gasteiger partial charge in [0, 0.05) is 32.1 Å². The average Bonchev–Trinajstić information content (AvgIpc) is 3.30. The van der Waals surface area contributed by atoms with E-state index < -0.39 is 0 Å². The van der Waals surface area contributed by atoms with Crippen LogP contribution in [-0.4, -0.2) is 41.6 Å². The van der Waals surface area contributed by atoms with E-state index >= 15 is 0 Å². The molecule has 2 heterocycles. The SMILES string of the molecule is O=C(NCCCn1cccn1)c1ccccc1OC[C@H]1CCCO1. The molecule has 1 N–H and O–H groups in total. The molecule has 0 bridgehead atoms. The number of benzene rings is 1. The molecule has 0 aliphatic carbocycles. The van der Waals surface area contributed by atoms with Crippen molar-refractivity contribution < 1.29 is 14.3 Å². The number of para-hydroxylation sites is 1. The third-order valence-corrected chi connectivity index (χ3v) is 3.99. The number of nitrogens with zero attached hydrogens (tertiary/aromatic N) is 2. The van der Waals surface area contributed by atoms with Crippen LogP contribution in [0.1, 0.15) is 29.6 Å². The van der Waals surface area contributed by atoms with Gasteiger partial charge < -0.3 is 14.8 Å². The molecule has 3 rings (SSSR count). The highest BCUT2D eigenvalue weighted by Crippen LogP contribution is 2.20. The number of amides is 1. The molecular weight excluding hydrogens is 306 g/mol. The van der Waals surface area contributed by atoms with Gasteiger partial charge >= 0.3 is 0 Å². The topological polar surface area (TPSA) is 65.4 Å². The minimum atomic E-state index is -0.113. The number of carbonyl (C=O) groups is 1. The van der Waals surface area contributed by atoms with Crippen molar-refractivity contribution in [2.45, 2.75) is 31.9 Å². The summed E-state index contributed by atoms with van der Waals surface area (Å²) in [5.74, 6) is 0.496. The number of carbonyl (C=O) groups excluding carboxylic acids is 1. The number of aromatic nitrogens is 2. The largest absolute Gasteiger partial charge is 0.490 e. The van der Waals surface area contributed by atoms with Crippen LogP contribution in [0.5, 0.6) is 5.75 Å². The Morgan fingerprint density at radius 1 is 1.38 bits per heavy atom. The molecule has 6 heteroatoms. The standard InChI is InChI=1S/C18H23N3O3/c22-18(19-9-4-11-21-12-5-10-20-21)16-7-1-2-8-17(16)24-14-15-6-3-13-23-15/h1-2,5,7-8,10,12,15H,3-4,6,9,11,13-14H2,(H,19,22)/t15-/m1/s1. The van der Waals surface area contributed by atoms with E-state index in [0.717, 1.165) is 32.4 Å². The number of hydrogen-bond donors (Lipinski definition) is 1. The van der Waals surface area contributed by atoms with Crippen molar-refractivity contribution >= 4 is 5.91 Å². The van der Waals surface area contributed by atoms with E-state index in [0.29, 0.717) is 24.5 Å². The Hall–Kier alpha value is -2.34. The van der Waals surface area contributed by atoms with E-state index in [4.69, 9.17) is 9.47 Å². The van der Waals surface area contributed by atoms with Crippen LogP contribution in [0.15, 0.2) is 42.7 Å². The number of rotatable bonds is 8. The molecule has 1 atom stereocenters. The van der Waals surface area contributed by atoms with Gasteiger partial charge in [0.1, 0.15) is 12.4 Å². The zero-order valence-corrected chi connectivity index (χ0v) is 13.7. The molecule has 128 valence electrons. The van der Waals surface area contributed by atoms with E-state index in [1.54, 1.807) is 12.3 Å². The molecule has 0 spiro atoms. The minimum absolute atomic E-state index is 0.113. The first kappa shape index (κ1) is 16.5. The Morgan fingerprint density at radius 2 is 2.29 bits per heavy atom. The number of aryl methyl sites for hydroxylation is 1. The van der Waals surface area contributed by atoms with Crippen LogP contribution >= 0.6 is 0 Å². The zero-order valence-electron chi connectivity index (χ0n) is 13.7. The summed E-state index contributed by atoms with van der Waals surface area (Å²) in [4.78, 5) is 12.4. The highest BCUT2D eigenvalue weighted by atomic mass is 16.5. The van der Waals surface area contributed by atoms with Gasteiger partial charge in [-0.2, -0.15) is 5.10 Å². The van der Waals surface area contributed by atoms with Gasteiger partial charge in [0.05, 0.1) is 11.7 Å². The predicted molar refractivity (Wildman–Crippen MR) is 90.1 cm³/mol. The Labute approximate surface area is 141 Å². The van der Waals surface area contributed by atoms with E-state index in [1.807, 2.05) is 35.1 Å². The first-order valence-corrected chi connectivity index (χ1v) is 8.42. The molecule has 1 aliphatic heterocycles. The lowest BCUT2D eigenvalue weighted by molar-refractivity contribution is 0.0670. The number of nitrogens with one attached hydrogen (secondary N) is 1.